The number of carbonyl (C=O) groups excluding carboxylic acids is 3. The Morgan fingerprint density at radius 3 is 2.20 bits per heavy atom. The van der Waals surface area contributed by atoms with Crippen molar-refractivity contribution in [1.82, 2.24) is 10.2 Å². The molecule has 5 fully saturated rings. The van der Waals surface area contributed by atoms with Crippen molar-refractivity contribution in [3.63, 3.8) is 0 Å². The lowest BCUT2D eigenvalue weighted by atomic mass is 9.79. The first-order chi connectivity index (χ1) is 19.2. The molecule has 1 N–H and O–H groups in total. The van der Waals surface area contributed by atoms with E-state index in [0.29, 0.717) is 48.3 Å². The highest BCUT2D eigenvalue weighted by molar-refractivity contribution is 5.85. The van der Waals surface area contributed by atoms with E-state index in [1.807, 2.05) is 37.3 Å². The van der Waals surface area contributed by atoms with E-state index in [9.17, 15) is 14.4 Å². The van der Waals surface area contributed by atoms with Crippen molar-refractivity contribution in [2.45, 2.75) is 84.9 Å². The first kappa shape index (κ1) is 31.6. The molecule has 3 aliphatic carbocycles. The van der Waals surface area contributed by atoms with Crippen LogP contribution in [0.3, 0.4) is 0 Å². The smallest absolute Gasteiger partial charge is 0.410 e. The summed E-state index contributed by atoms with van der Waals surface area (Å²) in [6, 6.07) is 9.09. The summed E-state index contributed by atoms with van der Waals surface area (Å²) < 4.78 is 15.9. The maximum Gasteiger partial charge on any atom is 0.410 e. The van der Waals surface area contributed by atoms with Crippen LogP contribution in [0.5, 0.6) is 0 Å². The molecule has 5 aliphatic rings. The minimum Gasteiger partial charge on any atom is -0.465 e. The van der Waals surface area contributed by atoms with Crippen LogP contribution in [0.25, 0.3) is 0 Å². The van der Waals surface area contributed by atoms with Gasteiger partial charge in [0.05, 0.1) is 13.2 Å². The van der Waals surface area contributed by atoms with Crippen LogP contribution in [0.15, 0.2) is 30.3 Å². The van der Waals surface area contributed by atoms with E-state index in [0.717, 1.165) is 24.9 Å². The van der Waals surface area contributed by atoms with E-state index in [2.05, 4.69) is 19.2 Å². The first-order valence-corrected chi connectivity index (χ1v) is 15.2. The number of fused-ring (bicyclic) bond motifs is 3. The van der Waals surface area contributed by atoms with Crippen LogP contribution in [0.2, 0.25) is 0 Å². The fraction of sp³-hybridized carbons (Fsp3) is 0.719. The molecule has 8 nitrogen and oxygen atoms in total. The fourth-order valence-electron chi connectivity index (χ4n) is 8.09. The van der Waals surface area contributed by atoms with Crippen LogP contribution in [-0.2, 0) is 30.4 Å². The Morgan fingerprint density at radius 1 is 0.878 bits per heavy atom. The van der Waals surface area contributed by atoms with Gasteiger partial charge in [0.15, 0.2) is 0 Å². The third-order valence-corrected chi connectivity index (χ3v) is 10.4. The topological polar surface area (TPSA) is 94.2 Å². The van der Waals surface area contributed by atoms with Crippen molar-refractivity contribution < 1.29 is 28.6 Å². The Balaban J connectivity index is 0.000000208. The number of hydrogen-bond acceptors (Lipinski definition) is 7. The molecule has 2 saturated heterocycles. The molecule has 1 amide bonds. The minimum absolute atomic E-state index is 0. The number of rotatable bonds is 6. The first-order valence-electron chi connectivity index (χ1n) is 15.2. The van der Waals surface area contributed by atoms with Gasteiger partial charge in [0.25, 0.3) is 0 Å². The summed E-state index contributed by atoms with van der Waals surface area (Å²) in [4.78, 5) is 38.6. The van der Waals surface area contributed by atoms with Crippen LogP contribution in [0, 0.1) is 34.5 Å². The second-order valence-electron chi connectivity index (χ2n) is 13.0. The average Bonchev–Trinajstić information content (AvgIpc) is 3.21. The summed E-state index contributed by atoms with van der Waals surface area (Å²) >= 11 is 0. The number of hydrogen-bond donors (Lipinski definition) is 1. The minimum atomic E-state index is -0.479. The molecule has 0 unspecified atom stereocenters. The molecule has 2 aliphatic heterocycles. The quantitative estimate of drug-likeness (QED) is 0.351. The summed E-state index contributed by atoms with van der Waals surface area (Å²) in [5.41, 5.74) is 1.71. The number of carbonyl (C=O) groups is 3. The maximum absolute atomic E-state index is 12.7. The molecular weight excluding hydrogens is 544 g/mol. The number of esters is 2. The molecule has 9 heteroatoms. The van der Waals surface area contributed by atoms with E-state index in [4.69, 9.17) is 14.2 Å². The Kier molecular flexibility index (Phi) is 9.95. The van der Waals surface area contributed by atoms with Gasteiger partial charge in [-0.25, -0.2) is 9.59 Å². The summed E-state index contributed by atoms with van der Waals surface area (Å²) in [5, 5.41) is 3.32. The Morgan fingerprint density at radius 2 is 1.54 bits per heavy atom. The summed E-state index contributed by atoms with van der Waals surface area (Å²) in [5.74, 6) is 1.47. The average molecular weight is 591 g/mol. The van der Waals surface area contributed by atoms with Gasteiger partial charge in [-0.2, -0.15) is 0 Å². The predicted molar refractivity (Wildman–Crippen MR) is 157 cm³/mol. The molecule has 0 radical (unpaired) electrons. The SMILES string of the molecule is CCOC(=O)[C@@H]1[C@H]2CCC3(CC3)[C@H]2CN1C(=O)OCc1ccccc1.CCOC(=O)[C@H]1NC[C@H]2[C@@H]1CCC2(C)C.Cl. The molecule has 6 rings (SSSR count). The Labute approximate surface area is 250 Å². The lowest BCUT2D eigenvalue weighted by Gasteiger charge is -2.25. The summed E-state index contributed by atoms with van der Waals surface area (Å²) in [6.45, 7) is 10.9. The van der Waals surface area contributed by atoms with Gasteiger partial charge in [0.1, 0.15) is 18.7 Å². The molecule has 1 aromatic rings. The van der Waals surface area contributed by atoms with Crippen molar-refractivity contribution in [2.75, 3.05) is 26.3 Å². The normalized spacial score (nSPS) is 31.3. The molecule has 0 bridgehead atoms. The molecular formula is C32H47ClN2O6. The van der Waals surface area contributed by atoms with Crippen molar-refractivity contribution >= 4 is 30.4 Å². The number of ether oxygens (including phenoxy) is 3. The van der Waals surface area contributed by atoms with Gasteiger partial charge in [-0.05, 0) is 99.0 Å². The van der Waals surface area contributed by atoms with E-state index in [1.165, 1.54) is 25.7 Å². The van der Waals surface area contributed by atoms with E-state index in [1.54, 1.807) is 11.8 Å². The number of nitrogens with one attached hydrogen (secondary N) is 1. The number of benzene rings is 1. The second-order valence-corrected chi connectivity index (χ2v) is 13.0. The van der Waals surface area contributed by atoms with E-state index >= 15 is 0 Å². The van der Waals surface area contributed by atoms with Crippen molar-refractivity contribution in [2.24, 2.45) is 34.5 Å². The highest BCUT2D eigenvalue weighted by Crippen LogP contribution is 2.66. The van der Waals surface area contributed by atoms with Gasteiger partial charge in [0.2, 0.25) is 0 Å². The number of nitrogens with zero attached hydrogens (tertiary/aromatic N) is 1. The monoisotopic (exact) mass is 590 g/mol. The third-order valence-electron chi connectivity index (χ3n) is 10.4. The lowest BCUT2D eigenvalue weighted by molar-refractivity contribution is -0.149. The van der Waals surface area contributed by atoms with E-state index in [-0.39, 0.29) is 42.9 Å². The Hall–Kier alpha value is -2.32. The van der Waals surface area contributed by atoms with Gasteiger partial charge in [-0.1, -0.05) is 44.2 Å². The van der Waals surface area contributed by atoms with Gasteiger partial charge in [-0.3, -0.25) is 9.69 Å². The molecule has 3 saturated carbocycles. The van der Waals surface area contributed by atoms with Crippen molar-refractivity contribution in [3.05, 3.63) is 35.9 Å². The molecule has 1 spiro atoms. The molecule has 1 aromatic carbocycles. The Bertz CT molecular complexity index is 1080. The van der Waals surface area contributed by atoms with Crippen LogP contribution < -0.4 is 5.32 Å². The summed E-state index contributed by atoms with van der Waals surface area (Å²) in [6.07, 6.45) is 6.66. The highest BCUT2D eigenvalue weighted by atomic mass is 35.5. The number of halogens is 1. The number of likely N-dealkylation sites (tertiary alicyclic amines) is 1. The fourth-order valence-corrected chi connectivity index (χ4v) is 8.09. The van der Waals surface area contributed by atoms with Gasteiger partial charge < -0.3 is 19.5 Å². The number of amides is 1. The molecule has 6 atom stereocenters. The zero-order chi connectivity index (χ0) is 28.5. The molecule has 228 valence electrons. The van der Waals surface area contributed by atoms with Crippen molar-refractivity contribution in [1.29, 1.82) is 0 Å². The maximum atomic E-state index is 12.7. The predicted octanol–water partition coefficient (Wildman–Crippen LogP) is 5.37. The van der Waals surface area contributed by atoms with Gasteiger partial charge in [0, 0.05) is 6.54 Å². The third kappa shape index (κ3) is 6.38. The van der Waals surface area contributed by atoms with Crippen LogP contribution in [0.1, 0.15) is 71.8 Å². The van der Waals surface area contributed by atoms with Crippen LogP contribution in [0.4, 0.5) is 4.79 Å². The zero-order valence-corrected chi connectivity index (χ0v) is 25.8. The van der Waals surface area contributed by atoms with Gasteiger partial charge in [-0.15, -0.1) is 12.4 Å². The van der Waals surface area contributed by atoms with Crippen LogP contribution >= 0.6 is 12.4 Å². The standard InChI is InChI=1S/C20H25NO4.C12H21NO2.ClH/c1-2-24-18(22)17-15-8-9-20(10-11-20)16(15)12-21(17)19(23)25-13-14-6-4-3-5-7-14;1-4-15-11(14)10-8-5-6-12(2,3)9(8)7-13-10;/h3-7,15-17H,2,8-13H2,1H3;8-10,13H,4-7H2,1-3H3;1H/t15-,16-,17-;8-,9-,10-;/m00./s1. The molecule has 41 heavy (non-hydrogen) atoms. The summed E-state index contributed by atoms with van der Waals surface area (Å²) in [7, 11) is 0. The van der Waals surface area contributed by atoms with Crippen LogP contribution in [-0.4, -0.2) is 61.3 Å². The largest absolute Gasteiger partial charge is 0.465 e. The van der Waals surface area contributed by atoms with E-state index < -0.39 is 12.1 Å². The highest BCUT2D eigenvalue weighted by Gasteiger charge is 2.64. The molecule has 2 heterocycles. The van der Waals surface area contributed by atoms with Crippen molar-refractivity contribution in [3.8, 4) is 0 Å². The van der Waals surface area contributed by atoms with Gasteiger partial charge >= 0.3 is 18.0 Å². The molecule has 0 aromatic heterocycles. The second kappa shape index (κ2) is 12.9. The lowest BCUT2D eigenvalue weighted by Crippen LogP contribution is -2.44. The zero-order valence-electron chi connectivity index (χ0n) is 24.9.